The largest absolute Gasteiger partial charge is 0.444 e. The molecule has 1 aliphatic rings. The van der Waals surface area contributed by atoms with Gasteiger partial charge in [0.15, 0.2) is 0 Å². The Bertz CT molecular complexity index is 760. The summed E-state index contributed by atoms with van der Waals surface area (Å²) in [4.78, 5) is 17.7. The van der Waals surface area contributed by atoms with Crippen LogP contribution in [0, 0.1) is 12.7 Å². The van der Waals surface area contributed by atoms with Crippen molar-refractivity contribution in [3.05, 3.63) is 36.2 Å². The van der Waals surface area contributed by atoms with E-state index in [2.05, 4.69) is 10.1 Å². The molecule has 2 aromatic heterocycles. The van der Waals surface area contributed by atoms with Crippen LogP contribution in [-0.2, 0) is 4.74 Å². The molecule has 3 rings (SSSR count). The molecule has 1 saturated heterocycles. The van der Waals surface area contributed by atoms with Crippen LogP contribution in [0.4, 0.5) is 9.18 Å². The van der Waals surface area contributed by atoms with E-state index < -0.39 is 5.60 Å². The van der Waals surface area contributed by atoms with E-state index in [0.717, 1.165) is 0 Å². The molecule has 1 aliphatic heterocycles. The van der Waals surface area contributed by atoms with Crippen LogP contribution in [0.2, 0.25) is 0 Å². The molecule has 0 spiro atoms. The lowest BCUT2D eigenvalue weighted by atomic mass is 10.1. The van der Waals surface area contributed by atoms with Crippen molar-refractivity contribution in [3.8, 4) is 11.1 Å². The third kappa shape index (κ3) is 3.39. The molecule has 0 aliphatic carbocycles. The van der Waals surface area contributed by atoms with E-state index in [4.69, 9.17) is 4.74 Å². The zero-order valence-electron chi connectivity index (χ0n) is 14.3. The van der Waals surface area contributed by atoms with Gasteiger partial charge in [0.05, 0.1) is 12.2 Å². The van der Waals surface area contributed by atoms with Crippen molar-refractivity contribution in [1.82, 2.24) is 19.7 Å². The van der Waals surface area contributed by atoms with Crippen molar-refractivity contribution in [1.29, 1.82) is 0 Å². The fourth-order valence-electron chi connectivity index (χ4n) is 2.51. The highest BCUT2D eigenvalue weighted by Gasteiger charge is 2.35. The zero-order valence-corrected chi connectivity index (χ0v) is 14.3. The van der Waals surface area contributed by atoms with Gasteiger partial charge < -0.3 is 9.64 Å². The number of amides is 1. The monoisotopic (exact) mass is 332 g/mol. The molecule has 0 atom stereocenters. The molecule has 6 nitrogen and oxygen atoms in total. The van der Waals surface area contributed by atoms with Crippen LogP contribution in [-0.4, -0.2) is 44.4 Å². The molecule has 1 fully saturated rings. The molecule has 0 saturated carbocycles. The number of ether oxygens (including phenoxy) is 1. The second-order valence-electron chi connectivity index (χ2n) is 7.05. The van der Waals surface area contributed by atoms with E-state index in [0.29, 0.717) is 29.9 Å². The van der Waals surface area contributed by atoms with Crippen molar-refractivity contribution in [2.24, 2.45) is 0 Å². The fraction of sp³-hybridized carbons (Fsp3) is 0.471. The first-order valence-electron chi connectivity index (χ1n) is 7.87. The number of aryl methyl sites for hydroxylation is 1. The second-order valence-corrected chi connectivity index (χ2v) is 7.05. The number of carbonyl (C=O) groups is 1. The van der Waals surface area contributed by atoms with E-state index in [1.54, 1.807) is 28.9 Å². The minimum atomic E-state index is -0.503. The molecular formula is C17H21FN4O2. The first-order chi connectivity index (χ1) is 11.2. The molecule has 128 valence electrons. The number of aromatic nitrogens is 3. The number of nitrogens with zero attached hydrogens (tertiary/aromatic N) is 4. The summed E-state index contributed by atoms with van der Waals surface area (Å²) < 4.78 is 21.1. The Morgan fingerprint density at radius 1 is 1.33 bits per heavy atom. The number of carbonyl (C=O) groups excluding carboxylic acids is 1. The van der Waals surface area contributed by atoms with E-state index in [9.17, 15) is 9.18 Å². The van der Waals surface area contributed by atoms with Gasteiger partial charge in [-0.15, -0.1) is 0 Å². The smallest absolute Gasteiger partial charge is 0.410 e. The van der Waals surface area contributed by atoms with E-state index in [1.165, 1.54) is 12.3 Å². The lowest BCUT2D eigenvalue weighted by molar-refractivity contribution is -0.000380. The highest BCUT2D eigenvalue weighted by molar-refractivity contribution is 5.69. The number of pyridine rings is 1. The molecule has 0 aromatic carbocycles. The molecule has 24 heavy (non-hydrogen) atoms. The van der Waals surface area contributed by atoms with Gasteiger partial charge in [-0.2, -0.15) is 5.10 Å². The molecule has 0 radical (unpaired) electrons. The van der Waals surface area contributed by atoms with Gasteiger partial charge >= 0.3 is 6.09 Å². The molecule has 7 heteroatoms. The Hall–Kier alpha value is -2.44. The van der Waals surface area contributed by atoms with Crippen molar-refractivity contribution < 1.29 is 13.9 Å². The van der Waals surface area contributed by atoms with Crippen LogP contribution < -0.4 is 0 Å². The summed E-state index contributed by atoms with van der Waals surface area (Å²) in [6.45, 7) is 8.33. The Balaban J connectivity index is 1.65. The zero-order chi connectivity index (χ0) is 17.5. The Kier molecular flexibility index (Phi) is 4.03. The maximum Gasteiger partial charge on any atom is 0.410 e. The summed E-state index contributed by atoms with van der Waals surface area (Å²) in [6.07, 6.45) is 4.60. The van der Waals surface area contributed by atoms with Gasteiger partial charge in [0.2, 0.25) is 0 Å². The normalized spacial score (nSPS) is 15.3. The molecule has 2 aromatic rings. The third-order valence-corrected chi connectivity index (χ3v) is 3.79. The summed E-state index contributed by atoms with van der Waals surface area (Å²) in [6, 6.07) is 1.48. The van der Waals surface area contributed by atoms with Crippen LogP contribution in [0.1, 0.15) is 32.5 Å². The van der Waals surface area contributed by atoms with Crippen molar-refractivity contribution in [2.45, 2.75) is 39.3 Å². The topological polar surface area (TPSA) is 60.2 Å². The lowest BCUT2D eigenvalue weighted by Gasteiger charge is -2.39. The molecule has 0 unspecified atom stereocenters. The van der Waals surface area contributed by atoms with Crippen LogP contribution >= 0.6 is 0 Å². The first-order valence-corrected chi connectivity index (χ1v) is 7.87. The van der Waals surface area contributed by atoms with Gasteiger partial charge in [-0.3, -0.25) is 9.67 Å². The van der Waals surface area contributed by atoms with Crippen LogP contribution in [0.3, 0.4) is 0 Å². The number of rotatable bonds is 2. The second kappa shape index (κ2) is 5.89. The predicted molar refractivity (Wildman–Crippen MR) is 87.0 cm³/mol. The minimum absolute atomic E-state index is 0.0766. The quantitative estimate of drug-likeness (QED) is 0.847. The molecule has 0 N–H and O–H groups in total. The predicted octanol–water partition coefficient (Wildman–Crippen LogP) is 3.18. The number of halogens is 1. The number of likely N-dealkylation sites (tertiary alicyclic amines) is 1. The van der Waals surface area contributed by atoms with Gasteiger partial charge in [-0.05, 0) is 33.8 Å². The Labute approximate surface area is 140 Å². The third-order valence-electron chi connectivity index (χ3n) is 3.79. The van der Waals surface area contributed by atoms with Crippen LogP contribution in [0.25, 0.3) is 11.1 Å². The van der Waals surface area contributed by atoms with Crippen LogP contribution in [0.15, 0.2) is 24.7 Å². The van der Waals surface area contributed by atoms with Gasteiger partial charge in [0.1, 0.15) is 11.4 Å². The van der Waals surface area contributed by atoms with Gasteiger partial charge in [0.25, 0.3) is 0 Å². The van der Waals surface area contributed by atoms with Gasteiger partial charge in [-0.1, -0.05) is 0 Å². The molecule has 3 heterocycles. The van der Waals surface area contributed by atoms with Crippen molar-refractivity contribution in [3.63, 3.8) is 0 Å². The summed E-state index contributed by atoms with van der Waals surface area (Å²) in [7, 11) is 0. The maximum absolute atomic E-state index is 14.0. The summed E-state index contributed by atoms with van der Waals surface area (Å²) in [5.41, 5.74) is 1.23. The fourth-order valence-corrected chi connectivity index (χ4v) is 2.51. The van der Waals surface area contributed by atoms with E-state index in [-0.39, 0.29) is 18.0 Å². The summed E-state index contributed by atoms with van der Waals surface area (Å²) >= 11 is 0. The number of hydrogen-bond donors (Lipinski definition) is 0. The molecular weight excluding hydrogens is 311 g/mol. The average molecular weight is 332 g/mol. The minimum Gasteiger partial charge on any atom is -0.444 e. The SMILES string of the molecule is Cc1cc(F)c(-c2cnn(C3CN(C(=O)OC(C)(C)C)C3)c2)cn1. The van der Waals surface area contributed by atoms with E-state index >= 15 is 0 Å². The number of hydrogen-bond acceptors (Lipinski definition) is 4. The van der Waals surface area contributed by atoms with Crippen molar-refractivity contribution in [2.75, 3.05) is 13.1 Å². The van der Waals surface area contributed by atoms with E-state index in [1.807, 2.05) is 20.8 Å². The molecule has 0 bridgehead atoms. The highest BCUT2D eigenvalue weighted by Crippen LogP contribution is 2.27. The highest BCUT2D eigenvalue weighted by atomic mass is 19.1. The maximum atomic E-state index is 14.0. The summed E-state index contributed by atoms with van der Waals surface area (Å²) in [5.74, 6) is -0.314. The van der Waals surface area contributed by atoms with Gasteiger partial charge in [-0.25, -0.2) is 9.18 Å². The Morgan fingerprint density at radius 2 is 2.04 bits per heavy atom. The van der Waals surface area contributed by atoms with Crippen LogP contribution in [0.5, 0.6) is 0 Å². The average Bonchev–Trinajstić information content (AvgIpc) is 2.83. The van der Waals surface area contributed by atoms with Gasteiger partial charge in [0, 0.05) is 42.3 Å². The first kappa shape index (κ1) is 16.4. The summed E-state index contributed by atoms with van der Waals surface area (Å²) in [5, 5.41) is 4.29. The van der Waals surface area contributed by atoms with Crippen molar-refractivity contribution >= 4 is 6.09 Å². The Morgan fingerprint density at radius 3 is 2.67 bits per heavy atom. The molecule has 1 amide bonds. The lowest BCUT2D eigenvalue weighted by Crippen LogP contribution is -2.52. The standard InChI is InChI=1S/C17H21FN4O2/c1-11-5-15(18)14(7-19-11)12-6-20-22(8-12)13-9-21(10-13)16(23)24-17(2,3)4/h5-8,13H,9-10H2,1-4H3.